The molecule has 2 aliphatic heterocycles. The highest BCUT2D eigenvalue weighted by molar-refractivity contribution is 7.91. The molecule has 1 fully saturated rings. The quantitative estimate of drug-likeness (QED) is 0.519. The summed E-state index contributed by atoms with van der Waals surface area (Å²) >= 11 is 0. The highest BCUT2D eigenvalue weighted by Gasteiger charge is 2.34. The van der Waals surface area contributed by atoms with Crippen LogP contribution in [0.4, 0.5) is 0 Å². The standard InChI is InChI=1S/C6H9NO2S/c8-10(9)3-5-1-7-2-6(5)4-10/h1,6-7H,2-4H2. The Bertz CT molecular complexity index is 278. The molecule has 0 saturated carbocycles. The van der Waals surface area contributed by atoms with E-state index in [2.05, 4.69) is 5.32 Å². The van der Waals surface area contributed by atoms with Crippen molar-refractivity contribution >= 4 is 9.84 Å². The normalized spacial score (nSPS) is 34.8. The zero-order chi connectivity index (χ0) is 7.19. The van der Waals surface area contributed by atoms with E-state index in [9.17, 15) is 8.42 Å². The van der Waals surface area contributed by atoms with Crippen molar-refractivity contribution in [1.82, 2.24) is 5.32 Å². The van der Waals surface area contributed by atoms with Gasteiger partial charge in [0, 0.05) is 12.5 Å². The molecule has 3 nitrogen and oxygen atoms in total. The number of hydrogen-bond acceptors (Lipinski definition) is 3. The summed E-state index contributed by atoms with van der Waals surface area (Å²) < 4.78 is 22.0. The number of sulfone groups is 1. The second-order valence-electron chi connectivity index (χ2n) is 2.88. The molecule has 4 heteroatoms. The van der Waals surface area contributed by atoms with E-state index >= 15 is 0 Å². The molecule has 2 aliphatic rings. The Morgan fingerprint density at radius 1 is 1.60 bits per heavy atom. The fourth-order valence-corrected chi connectivity index (χ4v) is 3.42. The van der Waals surface area contributed by atoms with E-state index in [1.807, 2.05) is 6.20 Å². The number of nitrogens with one attached hydrogen (secondary N) is 1. The van der Waals surface area contributed by atoms with E-state index in [4.69, 9.17) is 0 Å². The van der Waals surface area contributed by atoms with Crippen molar-refractivity contribution < 1.29 is 8.42 Å². The van der Waals surface area contributed by atoms with E-state index < -0.39 is 9.84 Å². The van der Waals surface area contributed by atoms with Crippen LogP contribution in [0.1, 0.15) is 0 Å². The summed E-state index contributed by atoms with van der Waals surface area (Å²) in [5.74, 6) is 0.918. The van der Waals surface area contributed by atoms with Crippen molar-refractivity contribution in [2.24, 2.45) is 5.92 Å². The van der Waals surface area contributed by atoms with Gasteiger partial charge in [0.15, 0.2) is 9.84 Å². The minimum Gasteiger partial charge on any atom is -0.390 e. The van der Waals surface area contributed by atoms with Gasteiger partial charge in [0.05, 0.1) is 11.5 Å². The fourth-order valence-electron chi connectivity index (χ4n) is 1.53. The Hall–Kier alpha value is -0.510. The highest BCUT2D eigenvalue weighted by atomic mass is 32.2. The Kier molecular flexibility index (Phi) is 1.09. The molecule has 0 spiro atoms. The summed E-state index contributed by atoms with van der Waals surface area (Å²) in [5.41, 5.74) is 1.07. The zero-order valence-corrected chi connectivity index (χ0v) is 6.32. The van der Waals surface area contributed by atoms with E-state index in [0.29, 0.717) is 5.75 Å². The lowest BCUT2D eigenvalue weighted by atomic mass is 10.1. The fraction of sp³-hybridized carbons (Fsp3) is 0.667. The van der Waals surface area contributed by atoms with Gasteiger partial charge < -0.3 is 5.32 Å². The van der Waals surface area contributed by atoms with Crippen molar-refractivity contribution in [2.45, 2.75) is 0 Å². The summed E-state index contributed by atoms with van der Waals surface area (Å²) in [7, 11) is -2.71. The van der Waals surface area contributed by atoms with Gasteiger partial charge in [-0.25, -0.2) is 8.42 Å². The summed E-state index contributed by atoms with van der Waals surface area (Å²) in [5, 5.41) is 3.04. The number of rotatable bonds is 0. The predicted octanol–water partition coefficient (Wildman–Crippen LogP) is -0.482. The zero-order valence-electron chi connectivity index (χ0n) is 5.50. The Labute approximate surface area is 60.0 Å². The molecule has 1 atom stereocenters. The maximum Gasteiger partial charge on any atom is 0.154 e. The van der Waals surface area contributed by atoms with E-state index in [-0.39, 0.29) is 11.7 Å². The van der Waals surface area contributed by atoms with E-state index in [1.54, 1.807) is 0 Å². The molecule has 2 heterocycles. The molecule has 1 N–H and O–H groups in total. The predicted molar refractivity (Wildman–Crippen MR) is 38.2 cm³/mol. The lowest BCUT2D eigenvalue weighted by Crippen LogP contribution is -2.13. The first kappa shape index (κ1) is 6.22. The molecule has 0 aromatic carbocycles. The minimum absolute atomic E-state index is 0.282. The van der Waals surface area contributed by atoms with Crippen LogP contribution >= 0.6 is 0 Å². The van der Waals surface area contributed by atoms with Crippen LogP contribution in [0.15, 0.2) is 11.8 Å². The topological polar surface area (TPSA) is 46.2 Å². The molecule has 0 radical (unpaired) electrons. The number of hydrogen-bond donors (Lipinski definition) is 1. The summed E-state index contributed by atoms with van der Waals surface area (Å²) in [6, 6.07) is 0. The van der Waals surface area contributed by atoms with Gasteiger partial charge in [-0.1, -0.05) is 0 Å². The molecule has 1 saturated heterocycles. The minimum atomic E-state index is -2.71. The molecule has 0 aromatic heterocycles. The van der Waals surface area contributed by atoms with Gasteiger partial charge in [-0.15, -0.1) is 0 Å². The Morgan fingerprint density at radius 3 is 3.10 bits per heavy atom. The van der Waals surface area contributed by atoms with Crippen molar-refractivity contribution in [3.63, 3.8) is 0 Å². The van der Waals surface area contributed by atoms with Crippen molar-refractivity contribution in [3.8, 4) is 0 Å². The van der Waals surface area contributed by atoms with Gasteiger partial charge in [-0.2, -0.15) is 0 Å². The maximum absolute atomic E-state index is 11.0. The summed E-state index contributed by atoms with van der Waals surface area (Å²) in [6.45, 7) is 0.814. The van der Waals surface area contributed by atoms with E-state index in [0.717, 1.165) is 12.1 Å². The van der Waals surface area contributed by atoms with Crippen LogP contribution in [0.25, 0.3) is 0 Å². The van der Waals surface area contributed by atoms with Crippen LogP contribution in [-0.4, -0.2) is 26.5 Å². The first-order chi connectivity index (χ1) is 4.67. The van der Waals surface area contributed by atoms with Crippen LogP contribution in [0.2, 0.25) is 0 Å². The second-order valence-corrected chi connectivity index (χ2v) is 4.99. The monoisotopic (exact) mass is 159 g/mol. The van der Waals surface area contributed by atoms with E-state index in [1.165, 1.54) is 0 Å². The molecular formula is C6H9NO2S. The lowest BCUT2D eigenvalue weighted by Gasteiger charge is -1.97. The van der Waals surface area contributed by atoms with Crippen LogP contribution in [0.5, 0.6) is 0 Å². The van der Waals surface area contributed by atoms with Gasteiger partial charge in [0.25, 0.3) is 0 Å². The van der Waals surface area contributed by atoms with Gasteiger partial charge in [0.1, 0.15) is 0 Å². The maximum atomic E-state index is 11.0. The molecule has 0 aliphatic carbocycles. The highest BCUT2D eigenvalue weighted by Crippen LogP contribution is 2.26. The summed E-state index contributed by atoms with van der Waals surface area (Å²) in [4.78, 5) is 0. The third kappa shape index (κ3) is 0.831. The average Bonchev–Trinajstić information content (AvgIpc) is 2.20. The van der Waals surface area contributed by atoms with Gasteiger partial charge in [-0.05, 0) is 11.8 Å². The smallest absolute Gasteiger partial charge is 0.154 e. The van der Waals surface area contributed by atoms with Crippen LogP contribution < -0.4 is 5.32 Å². The van der Waals surface area contributed by atoms with Crippen LogP contribution in [-0.2, 0) is 9.84 Å². The molecule has 0 bridgehead atoms. The Balaban J connectivity index is 2.35. The SMILES string of the molecule is O=S1(=O)CC2=CNCC2C1. The van der Waals surface area contributed by atoms with Crippen molar-refractivity contribution in [2.75, 3.05) is 18.1 Å². The summed E-state index contributed by atoms with van der Waals surface area (Å²) in [6.07, 6.45) is 1.84. The average molecular weight is 159 g/mol. The third-order valence-corrected chi connectivity index (χ3v) is 3.70. The van der Waals surface area contributed by atoms with Crippen LogP contribution in [0, 0.1) is 5.92 Å². The second kappa shape index (κ2) is 1.75. The molecule has 2 rings (SSSR count). The van der Waals surface area contributed by atoms with Crippen LogP contribution in [0.3, 0.4) is 0 Å². The largest absolute Gasteiger partial charge is 0.390 e. The first-order valence-electron chi connectivity index (χ1n) is 3.30. The molecule has 1 unspecified atom stereocenters. The molecule has 0 amide bonds. The van der Waals surface area contributed by atoms with Crippen molar-refractivity contribution in [3.05, 3.63) is 11.8 Å². The van der Waals surface area contributed by atoms with Gasteiger partial charge in [-0.3, -0.25) is 0 Å². The third-order valence-electron chi connectivity index (χ3n) is 2.02. The van der Waals surface area contributed by atoms with Crippen molar-refractivity contribution in [1.29, 1.82) is 0 Å². The molecule has 0 aromatic rings. The van der Waals surface area contributed by atoms with Gasteiger partial charge in [0.2, 0.25) is 0 Å². The number of fused-ring (bicyclic) bond motifs is 1. The molecule has 10 heavy (non-hydrogen) atoms. The lowest BCUT2D eigenvalue weighted by molar-refractivity contribution is 0.596. The first-order valence-corrected chi connectivity index (χ1v) is 5.12. The molecular weight excluding hydrogens is 150 g/mol. The molecule has 56 valence electrons. The Morgan fingerprint density at radius 2 is 2.40 bits per heavy atom. The van der Waals surface area contributed by atoms with Gasteiger partial charge >= 0.3 is 0 Å².